The number of carbonyl (C=O) groups excluding carboxylic acids is 1. The fourth-order valence-electron chi connectivity index (χ4n) is 2.57. The number of nitrogens with zero attached hydrogens (tertiary/aromatic N) is 2. The van der Waals surface area contributed by atoms with E-state index in [0.717, 1.165) is 18.0 Å². The average molecular weight is 318 g/mol. The number of alkyl halides is 3. The molecule has 22 heavy (non-hydrogen) atoms. The number of aromatic hydroxyl groups is 1. The van der Waals surface area contributed by atoms with Crippen LogP contribution in [0, 0.1) is 0 Å². The van der Waals surface area contributed by atoms with Crippen LogP contribution in [0.15, 0.2) is 18.5 Å². The smallest absolute Gasteiger partial charge is 0.418 e. The van der Waals surface area contributed by atoms with Gasteiger partial charge in [-0.15, -0.1) is 0 Å². The predicted octanol–water partition coefficient (Wildman–Crippen LogP) is 2.36. The molecule has 1 aromatic heterocycles. The van der Waals surface area contributed by atoms with Gasteiger partial charge in [-0.3, -0.25) is 9.78 Å². The quantitative estimate of drug-likeness (QED) is 0.863. The minimum atomic E-state index is -4.61. The van der Waals surface area contributed by atoms with Crippen LogP contribution in [0.1, 0.15) is 31.1 Å². The van der Waals surface area contributed by atoms with E-state index in [4.69, 9.17) is 4.74 Å². The summed E-state index contributed by atoms with van der Waals surface area (Å²) >= 11 is 0. The summed E-state index contributed by atoms with van der Waals surface area (Å²) in [7, 11) is 0. The van der Waals surface area contributed by atoms with Gasteiger partial charge < -0.3 is 14.7 Å². The van der Waals surface area contributed by atoms with E-state index in [9.17, 15) is 23.1 Å². The maximum atomic E-state index is 13.3. The van der Waals surface area contributed by atoms with Crippen LogP contribution in [-0.4, -0.2) is 51.4 Å². The normalized spacial score (nSPS) is 25.1. The van der Waals surface area contributed by atoms with Gasteiger partial charge in [-0.05, 0) is 26.8 Å². The number of carbonyl (C=O) groups is 1. The first kappa shape index (κ1) is 16.5. The highest BCUT2D eigenvalue weighted by molar-refractivity contribution is 5.94. The van der Waals surface area contributed by atoms with E-state index in [2.05, 4.69) is 4.98 Å². The molecule has 1 aliphatic heterocycles. The maximum absolute atomic E-state index is 13.3. The standard InChI is InChI=1S/C14H17F3N2O3/c1-12(2)7-19(8-13(3,22-12)14(15,16)17)11(21)9-4-10(20)6-18-5-9/h4-6,20H,7-8H2,1-3H3. The van der Waals surface area contributed by atoms with Crippen molar-refractivity contribution in [1.82, 2.24) is 9.88 Å². The van der Waals surface area contributed by atoms with Crippen LogP contribution >= 0.6 is 0 Å². The van der Waals surface area contributed by atoms with Crippen molar-refractivity contribution in [3.05, 3.63) is 24.0 Å². The molecule has 1 fully saturated rings. The molecule has 0 aromatic carbocycles. The molecule has 1 unspecified atom stereocenters. The van der Waals surface area contributed by atoms with Crippen LogP contribution in [0.2, 0.25) is 0 Å². The molecular weight excluding hydrogens is 301 g/mol. The van der Waals surface area contributed by atoms with Gasteiger partial charge in [0.05, 0.1) is 23.9 Å². The summed E-state index contributed by atoms with van der Waals surface area (Å²) in [6.45, 7) is 3.31. The molecule has 5 nitrogen and oxygen atoms in total. The molecule has 1 amide bonds. The van der Waals surface area contributed by atoms with Crippen molar-refractivity contribution in [3.8, 4) is 5.75 Å². The Morgan fingerprint density at radius 2 is 1.95 bits per heavy atom. The second-order valence-corrected chi connectivity index (χ2v) is 6.18. The van der Waals surface area contributed by atoms with E-state index in [1.165, 1.54) is 26.1 Å². The minimum Gasteiger partial charge on any atom is -0.506 e. The van der Waals surface area contributed by atoms with Gasteiger partial charge >= 0.3 is 6.18 Å². The molecule has 1 aliphatic rings. The van der Waals surface area contributed by atoms with Crippen molar-refractivity contribution in [2.75, 3.05) is 13.1 Å². The Morgan fingerprint density at radius 1 is 1.32 bits per heavy atom. The highest BCUT2D eigenvalue weighted by Gasteiger charge is 2.58. The molecular formula is C14H17F3N2O3. The molecule has 122 valence electrons. The molecule has 8 heteroatoms. The van der Waals surface area contributed by atoms with Crippen molar-refractivity contribution in [1.29, 1.82) is 0 Å². The van der Waals surface area contributed by atoms with Gasteiger partial charge in [0.1, 0.15) is 5.75 Å². The Balaban J connectivity index is 2.33. The summed E-state index contributed by atoms with van der Waals surface area (Å²) in [6, 6.07) is 1.17. The molecule has 0 saturated carbocycles. The second-order valence-electron chi connectivity index (χ2n) is 6.18. The Kier molecular flexibility index (Phi) is 3.85. The lowest BCUT2D eigenvalue weighted by Crippen LogP contribution is -2.65. The Bertz CT molecular complexity index is 589. The van der Waals surface area contributed by atoms with Crippen LogP contribution in [-0.2, 0) is 4.74 Å². The van der Waals surface area contributed by atoms with Crippen molar-refractivity contribution in [2.45, 2.75) is 38.1 Å². The molecule has 2 rings (SSSR count). The molecule has 1 aromatic rings. The third kappa shape index (κ3) is 3.16. The van der Waals surface area contributed by atoms with Gasteiger partial charge in [0, 0.05) is 12.7 Å². The third-order valence-electron chi connectivity index (χ3n) is 3.42. The fourth-order valence-corrected chi connectivity index (χ4v) is 2.57. The molecule has 0 radical (unpaired) electrons. The summed E-state index contributed by atoms with van der Waals surface area (Å²) in [5.74, 6) is -0.854. The first-order chi connectivity index (χ1) is 9.94. The zero-order valence-corrected chi connectivity index (χ0v) is 12.4. The number of amides is 1. The molecule has 0 spiro atoms. The van der Waals surface area contributed by atoms with Gasteiger partial charge in [0.2, 0.25) is 0 Å². The van der Waals surface area contributed by atoms with Crippen LogP contribution in [0.3, 0.4) is 0 Å². The Morgan fingerprint density at radius 3 is 2.50 bits per heavy atom. The lowest BCUT2D eigenvalue weighted by Gasteiger charge is -2.48. The molecule has 2 heterocycles. The number of ether oxygens (including phenoxy) is 1. The van der Waals surface area contributed by atoms with Crippen molar-refractivity contribution in [3.63, 3.8) is 0 Å². The van der Waals surface area contributed by atoms with Gasteiger partial charge in [-0.2, -0.15) is 13.2 Å². The molecule has 1 saturated heterocycles. The van der Waals surface area contributed by atoms with Gasteiger partial charge in [-0.1, -0.05) is 0 Å². The lowest BCUT2D eigenvalue weighted by molar-refractivity contribution is -0.318. The zero-order valence-electron chi connectivity index (χ0n) is 12.4. The number of aromatic nitrogens is 1. The van der Waals surface area contributed by atoms with E-state index in [0.29, 0.717) is 0 Å². The maximum Gasteiger partial charge on any atom is 0.418 e. The number of hydrogen-bond donors (Lipinski definition) is 1. The van der Waals surface area contributed by atoms with Crippen LogP contribution in [0.4, 0.5) is 13.2 Å². The summed E-state index contributed by atoms with van der Waals surface area (Å²) in [4.78, 5) is 17.2. The molecule has 0 bridgehead atoms. The summed E-state index contributed by atoms with van der Waals surface area (Å²) in [6.07, 6.45) is -2.27. The molecule has 1 N–H and O–H groups in total. The van der Waals surface area contributed by atoms with E-state index >= 15 is 0 Å². The topological polar surface area (TPSA) is 62.7 Å². The van der Waals surface area contributed by atoms with Crippen LogP contribution in [0.25, 0.3) is 0 Å². The fraction of sp³-hybridized carbons (Fsp3) is 0.571. The minimum absolute atomic E-state index is 0.00710. The average Bonchev–Trinajstić information content (AvgIpc) is 2.34. The summed E-state index contributed by atoms with van der Waals surface area (Å²) in [5.41, 5.74) is -3.57. The predicted molar refractivity (Wildman–Crippen MR) is 71.4 cm³/mol. The third-order valence-corrected chi connectivity index (χ3v) is 3.42. The Hall–Kier alpha value is -1.83. The Labute approximate surface area is 125 Å². The monoisotopic (exact) mass is 318 g/mol. The highest BCUT2D eigenvalue weighted by Crippen LogP contribution is 2.40. The first-order valence-corrected chi connectivity index (χ1v) is 6.64. The number of halogens is 3. The summed E-state index contributed by atoms with van der Waals surface area (Å²) in [5, 5.41) is 9.36. The summed E-state index contributed by atoms with van der Waals surface area (Å²) < 4.78 is 45.0. The SMILES string of the molecule is CC1(C)CN(C(=O)c2cncc(O)c2)CC(C)(C(F)(F)F)O1. The number of pyridine rings is 1. The van der Waals surface area contributed by atoms with Gasteiger partial charge in [0.25, 0.3) is 5.91 Å². The van der Waals surface area contributed by atoms with E-state index in [1.54, 1.807) is 0 Å². The largest absolute Gasteiger partial charge is 0.506 e. The highest BCUT2D eigenvalue weighted by atomic mass is 19.4. The lowest BCUT2D eigenvalue weighted by atomic mass is 9.96. The van der Waals surface area contributed by atoms with Crippen molar-refractivity contribution >= 4 is 5.91 Å². The number of rotatable bonds is 1. The van der Waals surface area contributed by atoms with Crippen molar-refractivity contribution < 1.29 is 27.8 Å². The van der Waals surface area contributed by atoms with Crippen molar-refractivity contribution in [2.24, 2.45) is 0 Å². The first-order valence-electron chi connectivity index (χ1n) is 6.64. The molecule has 0 aliphatic carbocycles. The van der Waals surface area contributed by atoms with Crippen LogP contribution in [0.5, 0.6) is 5.75 Å². The van der Waals surface area contributed by atoms with Gasteiger partial charge in [0.15, 0.2) is 5.60 Å². The number of morpholine rings is 1. The second kappa shape index (κ2) is 5.12. The van der Waals surface area contributed by atoms with E-state index in [-0.39, 0.29) is 17.9 Å². The van der Waals surface area contributed by atoms with E-state index < -0.39 is 29.8 Å². The van der Waals surface area contributed by atoms with E-state index in [1.807, 2.05) is 0 Å². The van der Waals surface area contributed by atoms with Crippen LogP contribution < -0.4 is 0 Å². The number of hydrogen-bond acceptors (Lipinski definition) is 4. The van der Waals surface area contributed by atoms with Gasteiger partial charge in [-0.25, -0.2) is 0 Å². The molecule has 1 atom stereocenters. The zero-order chi connectivity index (χ0) is 16.8.